The van der Waals surface area contributed by atoms with Crippen LogP contribution in [0.4, 0.5) is 0 Å². The van der Waals surface area contributed by atoms with Crippen LogP contribution in [0.25, 0.3) is 17.1 Å². The van der Waals surface area contributed by atoms with Crippen molar-refractivity contribution in [3.63, 3.8) is 0 Å². The lowest BCUT2D eigenvalue weighted by Crippen LogP contribution is -2.16. The average Bonchev–Trinajstić information content (AvgIpc) is 3.21. The van der Waals surface area contributed by atoms with Gasteiger partial charge in [-0.25, -0.2) is 14.6 Å². The van der Waals surface area contributed by atoms with Crippen molar-refractivity contribution in [2.45, 2.75) is 20.0 Å². The molecule has 3 aromatic heterocycles. The highest BCUT2D eigenvalue weighted by Gasteiger charge is 2.09. The van der Waals surface area contributed by atoms with Crippen LogP contribution in [-0.4, -0.2) is 36.1 Å². The minimum Gasteiger partial charge on any atom is -0.377 e. The third-order valence-electron chi connectivity index (χ3n) is 4.57. The molecule has 0 atom stereocenters. The maximum absolute atomic E-state index is 12.4. The molecule has 1 aromatic carbocycles. The van der Waals surface area contributed by atoms with Crippen LogP contribution >= 0.6 is 0 Å². The summed E-state index contributed by atoms with van der Waals surface area (Å²) in [6.45, 7) is 3.10. The van der Waals surface area contributed by atoms with Crippen molar-refractivity contribution in [1.82, 2.24) is 29.5 Å². The number of aryl methyl sites for hydroxylation is 1. The first kappa shape index (κ1) is 19.7. The Morgan fingerprint density at radius 1 is 1.07 bits per heavy atom. The van der Waals surface area contributed by atoms with Gasteiger partial charge in [0.15, 0.2) is 5.82 Å². The molecule has 0 amide bonds. The topological polar surface area (TPSA) is 87.7 Å². The molecule has 0 aliphatic heterocycles. The van der Waals surface area contributed by atoms with E-state index in [2.05, 4.69) is 20.2 Å². The molecule has 152 valence electrons. The van der Waals surface area contributed by atoms with Crippen molar-refractivity contribution in [3.05, 3.63) is 88.4 Å². The fraction of sp³-hybridized carbons (Fsp3) is 0.227. The molecule has 30 heavy (non-hydrogen) atoms. The summed E-state index contributed by atoms with van der Waals surface area (Å²) in [6, 6.07) is 9.37. The van der Waals surface area contributed by atoms with E-state index in [1.165, 1.54) is 6.07 Å². The minimum absolute atomic E-state index is 0.0999. The lowest BCUT2D eigenvalue weighted by molar-refractivity contribution is 0.133. The van der Waals surface area contributed by atoms with Gasteiger partial charge in [-0.15, -0.1) is 0 Å². The molecule has 0 spiro atoms. The van der Waals surface area contributed by atoms with Crippen LogP contribution < -0.4 is 5.43 Å². The Bertz CT molecular complexity index is 1200. The van der Waals surface area contributed by atoms with E-state index in [1.54, 1.807) is 34.2 Å². The van der Waals surface area contributed by atoms with Gasteiger partial charge >= 0.3 is 0 Å². The SMILES string of the molecule is CCOCc1cnc(-c2cccc(Cc3nn(-c4cnn(C)c4)ccc3=O)c2)nc1. The molecule has 0 saturated heterocycles. The number of nitrogens with zero attached hydrogens (tertiary/aromatic N) is 6. The molecular weight excluding hydrogens is 380 g/mol. The molecule has 4 rings (SSSR count). The molecule has 8 heteroatoms. The Morgan fingerprint density at radius 3 is 2.63 bits per heavy atom. The highest BCUT2D eigenvalue weighted by Crippen LogP contribution is 2.18. The van der Waals surface area contributed by atoms with Crippen molar-refractivity contribution in [2.24, 2.45) is 7.05 Å². The van der Waals surface area contributed by atoms with E-state index in [0.717, 1.165) is 22.4 Å². The Hall–Kier alpha value is -3.65. The minimum atomic E-state index is -0.0999. The second kappa shape index (κ2) is 8.79. The molecule has 3 heterocycles. The van der Waals surface area contributed by atoms with Crippen molar-refractivity contribution in [3.8, 4) is 17.1 Å². The van der Waals surface area contributed by atoms with E-state index in [9.17, 15) is 4.79 Å². The summed E-state index contributed by atoms with van der Waals surface area (Å²) in [5.74, 6) is 0.630. The molecule has 0 N–H and O–H groups in total. The summed E-state index contributed by atoms with van der Waals surface area (Å²) in [5.41, 5.74) is 3.94. The standard InChI is InChI=1S/C22H22N6O2/c1-3-30-15-17-11-23-22(24-12-17)18-6-4-5-16(9-18)10-20-21(29)7-8-28(26-20)19-13-25-27(2)14-19/h4-9,11-14H,3,10,15H2,1-2H3. The summed E-state index contributed by atoms with van der Waals surface area (Å²) in [6.07, 6.45) is 9.15. The van der Waals surface area contributed by atoms with E-state index < -0.39 is 0 Å². The van der Waals surface area contributed by atoms with Gasteiger partial charge in [-0.1, -0.05) is 18.2 Å². The largest absolute Gasteiger partial charge is 0.377 e. The lowest BCUT2D eigenvalue weighted by Gasteiger charge is -2.07. The number of aromatic nitrogens is 6. The number of rotatable bonds is 7. The molecule has 0 aliphatic rings. The summed E-state index contributed by atoms with van der Waals surface area (Å²) < 4.78 is 8.73. The zero-order chi connectivity index (χ0) is 20.9. The molecule has 0 radical (unpaired) electrons. The van der Waals surface area contributed by atoms with Gasteiger partial charge < -0.3 is 4.74 Å². The molecule has 0 unspecified atom stereocenters. The fourth-order valence-corrected chi connectivity index (χ4v) is 3.05. The van der Waals surface area contributed by atoms with Gasteiger partial charge in [0.2, 0.25) is 5.43 Å². The van der Waals surface area contributed by atoms with Crippen LogP contribution in [0.5, 0.6) is 0 Å². The monoisotopic (exact) mass is 402 g/mol. The zero-order valence-electron chi connectivity index (χ0n) is 16.9. The Kier molecular flexibility index (Phi) is 5.76. The second-order valence-corrected chi connectivity index (χ2v) is 6.87. The number of ether oxygens (including phenoxy) is 1. The van der Waals surface area contributed by atoms with Gasteiger partial charge in [0.25, 0.3) is 0 Å². The van der Waals surface area contributed by atoms with Crippen LogP contribution in [0.3, 0.4) is 0 Å². The van der Waals surface area contributed by atoms with Gasteiger partial charge in [-0.2, -0.15) is 10.2 Å². The van der Waals surface area contributed by atoms with Crippen LogP contribution in [0, 0.1) is 0 Å². The Balaban J connectivity index is 1.57. The van der Waals surface area contributed by atoms with Gasteiger partial charge in [0.05, 0.1) is 19.0 Å². The number of hydrogen-bond donors (Lipinski definition) is 0. The molecule has 0 aliphatic carbocycles. The normalized spacial score (nSPS) is 11.0. The Morgan fingerprint density at radius 2 is 1.90 bits per heavy atom. The van der Waals surface area contributed by atoms with E-state index >= 15 is 0 Å². The predicted octanol–water partition coefficient (Wildman–Crippen LogP) is 2.55. The first-order valence-electron chi connectivity index (χ1n) is 9.68. The molecule has 0 saturated carbocycles. The molecule has 0 bridgehead atoms. The first-order valence-corrected chi connectivity index (χ1v) is 9.68. The van der Waals surface area contributed by atoms with Gasteiger partial charge in [0.1, 0.15) is 11.4 Å². The maximum Gasteiger partial charge on any atom is 0.203 e. The summed E-state index contributed by atoms with van der Waals surface area (Å²) in [7, 11) is 1.84. The van der Waals surface area contributed by atoms with Gasteiger partial charge in [-0.05, 0) is 18.6 Å². The highest BCUT2D eigenvalue weighted by atomic mass is 16.5. The smallest absolute Gasteiger partial charge is 0.203 e. The molecular formula is C22H22N6O2. The fourth-order valence-electron chi connectivity index (χ4n) is 3.05. The van der Waals surface area contributed by atoms with E-state index in [1.807, 2.05) is 44.4 Å². The van der Waals surface area contributed by atoms with Crippen molar-refractivity contribution >= 4 is 0 Å². The predicted molar refractivity (Wildman–Crippen MR) is 112 cm³/mol. The molecule has 8 nitrogen and oxygen atoms in total. The third-order valence-corrected chi connectivity index (χ3v) is 4.57. The summed E-state index contributed by atoms with van der Waals surface area (Å²) in [4.78, 5) is 21.2. The quantitative estimate of drug-likeness (QED) is 0.472. The number of benzene rings is 1. The molecule has 0 fully saturated rings. The third kappa shape index (κ3) is 4.49. The van der Waals surface area contributed by atoms with Crippen molar-refractivity contribution in [1.29, 1.82) is 0 Å². The van der Waals surface area contributed by atoms with Gasteiger partial charge in [0, 0.05) is 55.9 Å². The summed E-state index contributed by atoms with van der Waals surface area (Å²) >= 11 is 0. The highest BCUT2D eigenvalue weighted by molar-refractivity contribution is 5.56. The van der Waals surface area contributed by atoms with Crippen molar-refractivity contribution < 1.29 is 4.74 Å². The second-order valence-electron chi connectivity index (χ2n) is 6.87. The van der Waals surface area contributed by atoms with Crippen LogP contribution in [0.2, 0.25) is 0 Å². The number of hydrogen-bond acceptors (Lipinski definition) is 6. The summed E-state index contributed by atoms with van der Waals surface area (Å²) in [5, 5.41) is 8.65. The van der Waals surface area contributed by atoms with Crippen LogP contribution in [0.1, 0.15) is 23.7 Å². The van der Waals surface area contributed by atoms with E-state index in [-0.39, 0.29) is 5.43 Å². The zero-order valence-corrected chi connectivity index (χ0v) is 16.9. The lowest BCUT2D eigenvalue weighted by atomic mass is 10.1. The van der Waals surface area contributed by atoms with Crippen molar-refractivity contribution in [2.75, 3.05) is 6.61 Å². The van der Waals surface area contributed by atoms with E-state index in [0.29, 0.717) is 31.2 Å². The average molecular weight is 402 g/mol. The Labute approximate surface area is 173 Å². The van der Waals surface area contributed by atoms with E-state index in [4.69, 9.17) is 4.74 Å². The van der Waals surface area contributed by atoms with Crippen LogP contribution in [-0.2, 0) is 24.8 Å². The van der Waals surface area contributed by atoms with Crippen LogP contribution in [0.15, 0.2) is 66.1 Å². The van der Waals surface area contributed by atoms with Gasteiger partial charge in [-0.3, -0.25) is 9.48 Å². The first-order chi connectivity index (χ1) is 14.6. The maximum atomic E-state index is 12.4. The molecule has 4 aromatic rings.